The predicted octanol–water partition coefficient (Wildman–Crippen LogP) is 2.52. The number of nitrogens with one attached hydrogen (secondary N) is 1. The van der Waals surface area contributed by atoms with Gasteiger partial charge in [0.05, 0.1) is 0 Å². The Labute approximate surface area is 93.2 Å². The minimum absolute atomic E-state index is 0.943. The number of hydrogen-bond donors (Lipinski definition) is 2. The molecule has 0 saturated heterocycles. The Kier molecular flexibility index (Phi) is 7.38. The Morgan fingerprint density at radius 1 is 1.40 bits per heavy atom. The van der Waals surface area contributed by atoms with Crippen LogP contribution in [0.4, 0.5) is 0 Å². The van der Waals surface area contributed by atoms with Crippen molar-refractivity contribution in [3.8, 4) is 0 Å². The highest BCUT2D eigenvalue weighted by atomic mass is 14.8. The van der Waals surface area contributed by atoms with E-state index in [9.17, 15) is 0 Å². The molecule has 0 amide bonds. The average molecular weight is 206 g/mol. The summed E-state index contributed by atoms with van der Waals surface area (Å²) in [5.74, 6) is 0. The van der Waals surface area contributed by atoms with Crippen molar-refractivity contribution in [1.82, 2.24) is 5.32 Å². The van der Waals surface area contributed by atoms with E-state index < -0.39 is 0 Å². The molecule has 3 N–H and O–H groups in total. The van der Waals surface area contributed by atoms with Gasteiger partial charge in [-0.25, -0.2) is 0 Å². The summed E-state index contributed by atoms with van der Waals surface area (Å²) >= 11 is 0. The monoisotopic (exact) mass is 206 g/mol. The molecule has 0 radical (unpaired) electrons. The number of nitrogens with two attached hydrogens (primary N) is 1. The fourth-order valence-corrected chi connectivity index (χ4v) is 1.34. The first-order valence-electron chi connectivity index (χ1n) is 5.19. The number of hydrogen-bond acceptors (Lipinski definition) is 2. The first-order chi connectivity index (χ1) is 7.15. The van der Waals surface area contributed by atoms with Crippen molar-refractivity contribution in [2.24, 2.45) is 5.73 Å². The third kappa shape index (κ3) is 5.92. The van der Waals surface area contributed by atoms with Gasteiger partial charge in [0.1, 0.15) is 0 Å². The van der Waals surface area contributed by atoms with Gasteiger partial charge in [0.25, 0.3) is 0 Å². The Bertz CT molecular complexity index is 283. The summed E-state index contributed by atoms with van der Waals surface area (Å²) in [7, 11) is 1.94. The normalized spacial score (nSPS) is 14.2. The van der Waals surface area contributed by atoms with Crippen molar-refractivity contribution in [2.45, 2.75) is 20.3 Å². The second kappa shape index (κ2) is 8.06. The molecule has 0 aromatic rings. The van der Waals surface area contributed by atoms with Gasteiger partial charge in [0.15, 0.2) is 0 Å². The summed E-state index contributed by atoms with van der Waals surface area (Å²) in [4.78, 5) is 0. The molecule has 0 rings (SSSR count). The SMILES string of the molecule is C=C\C=C(C)/C=C(C)/C(=C\N)CCNC. The summed E-state index contributed by atoms with van der Waals surface area (Å²) in [6.45, 7) is 8.74. The molecule has 0 heterocycles. The molecule has 84 valence electrons. The highest BCUT2D eigenvalue weighted by Gasteiger charge is 1.98. The molecular weight excluding hydrogens is 184 g/mol. The van der Waals surface area contributed by atoms with Crippen LogP contribution < -0.4 is 11.1 Å². The predicted molar refractivity (Wildman–Crippen MR) is 68.5 cm³/mol. The molecule has 15 heavy (non-hydrogen) atoms. The molecule has 0 spiro atoms. The van der Waals surface area contributed by atoms with Gasteiger partial charge >= 0.3 is 0 Å². The largest absolute Gasteiger partial charge is 0.404 e. The van der Waals surface area contributed by atoms with Crippen LogP contribution in [0.15, 0.2) is 47.7 Å². The van der Waals surface area contributed by atoms with Crippen LogP contribution in [0.25, 0.3) is 0 Å². The molecule has 0 atom stereocenters. The summed E-state index contributed by atoms with van der Waals surface area (Å²) < 4.78 is 0. The van der Waals surface area contributed by atoms with Crippen LogP contribution in [-0.4, -0.2) is 13.6 Å². The molecular formula is C13H22N2. The van der Waals surface area contributed by atoms with Gasteiger partial charge in [-0.3, -0.25) is 0 Å². The maximum Gasteiger partial charge on any atom is -0.00107 e. The van der Waals surface area contributed by atoms with Gasteiger partial charge in [-0.15, -0.1) is 0 Å². The van der Waals surface area contributed by atoms with Crippen molar-refractivity contribution in [3.05, 3.63) is 47.7 Å². The van der Waals surface area contributed by atoms with Crippen LogP contribution in [0.1, 0.15) is 20.3 Å². The van der Waals surface area contributed by atoms with Crippen molar-refractivity contribution < 1.29 is 0 Å². The average Bonchev–Trinajstić information content (AvgIpc) is 2.19. The topological polar surface area (TPSA) is 38.0 Å². The van der Waals surface area contributed by atoms with Gasteiger partial charge in [-0.2, -0.15) is 0 Å². The third-order valence-electron chi connectivity index (χ3n) is 2.18. The fourth-order valence-electron chi connectivity index (χ4n) is 1.34. The third-order valence-corrected chi connectivity index (χ3v) is 2.18. The van der Waals surface area contributed by atoms with E-state index in [1.807, 2.05) is 13.1 Å². The molecule has 0 bridgehead atoms. The standard InChI is InChI=1S/C13H22N2/c1-5-6-11(2)9-12(3)13(10-14)7-8-15-4/h5-6,9-10,15H,1,7-8,14H2,2-4H3/b11-6-,12-9+,13-10-. The Morgan fingerprint density at radius 3 is 2.53 bits per heavy atom. The lowest BCUT2D eigenvalue weighted by Gasteiger charge is -2.07. The second-order valence-corrected chi connectivity index (χ2v) is 3.52. The van der Waals surface area contributed by atoms with Crippen molar-refractivity contribution in [2.75, 3.05) is 13.6 Å². The first-order valence-corrected chi connectivity index (χ1v) is 5.19. The number of allylic oxidation sites excluding steroid dienone is 5. The Hall–Kier alpha value is -1.28. The zero-order chi connectivity index (χ0) is 11.7. The number of rotatable bonds is 6. The van der Waals surface area contributed by atoms with E-state index in [-0.39, 0.29) is 0 Å². The Balaban J connectivity index is 4.58. The van der Waals surface area contributed by atoms with Crippen molar-refractivity contribution in [3.63, 3.8) is 0 Å². The molecule has 2 heteroatoms. The molecule has 2 nitrogen and oxygen atoms in total. The van der Waals surface area contributed by atoms with Gasteiger partial charge in [-0.1, -0.05) is 30.4 Å². The maximum atomic E-state index is 5.59. The minimum atomic E-state index is 0.943. The molecule has 0 aliphatic carbocycles. The van der Waals surface area contributed by atoms with E-state index in [1.54, 1.807) is 12.3 Å². The lowest BCUT2D eigenvalue weighted by molar-refractivity contribution is 0.787. The molecule has 0 unspecified atom stereocenters. The first kappa shape index (κ1) is 13.7. The fraction of sp³-hybridized carbons (Fsp3) is 0.385. The van der Waals surface area contributed by atoms with Crippen molar-refractivity contribution in [1.29, 1.82) is 0 Å². The lowest BCUT2D eigenvalue weighted by Crippen LogP contribution is -2.09. The van der Waals surface area contributed by atoms with Gasteiger partial charge in [0.2, 0.25) is 0 Å². The van der Waals surface area contributed by atoms with Crippen LogP contribution in [0.2, 0.25) is 0 Å². The lowest BCUT2D eigenvalue weighted by atomic mass is 10.0. The molecule has 0 aromatic heterocycles. The second-order valence-electron chi connectivity index (χ2n) is 3.52. The Morgan fingerprint density at radius 2 is 2.07 bits per heavy atom. The van der Waals surface area contributed by atoms with Crippen LogP contribution in [0, 0.1) is 0 Å². The zero-order valence-electron chi connectivity index (χ0n) is 10.0. The summed E-state index contributed by atoms with van der Waals surface area (Å²) in [5, 5.41) is 3.11. The van der Waals surface area contributed by atoms with E-state index in [2.05, 4.69) is 31.8 Å². The maximum absolute atomic E-state index is 5.59. The van der Waals surface area contributed by atoms with E-state index >= 15 is 0 Å². The van der Waals surface area contributed by atoms with Crippen LogP contribution in [-0.2, 0) is 0 Å². The van der Waals surface area contributed by atoms with Gasteiger partial charge in [0, 0.05) is 0 Å². The quantitative estimate of drug-likeness (QED) is 0.655. The highest BCUT2D eigenvalue weighted by molar-refractivity contribution is 5.35. The zero-order valence-corrected chi connectivity index (χ0v) is 10.0. The van der Waals surface area contributed by atoms with Gasteiger partial charge in [-0.05, 0) is 51.2 Å². The molecule has 0 aromatic carbocycles. The van der Waals surface area contributed by atoms with Crippen molar-refractivity contribution >= 4 is 0 Å². The molecule has 0 saturated carbocycles. The molecule has 0 aliphatic rings. The van der Waals surface area contributed by atoms with Crippen LogP contribution in [0.5, 0.6) is 0 Å². The highest BCUT2D eigenvalue weighted by Crippen LogP contribution is 2.14. The van der Waals surface area contributed by atoms with E-state index in [0.29, 0.717) is 0 Å². The smallest absolute Gasteiger partial charge is 0.00107 e. The van der Waals surface area contributed by atoms with Gasteiger partial charge < -0.3 is 11.1 Å². The van der Waals surface area contributed by atoms with E-state index in [0.717, 1.165) is 13.0 Å². The summed E-state index contributed by atoms with van der Waals surface area (Å²) in [6.07, 6.45) is 8.53. The van der Waals surface area contributed by atoms with Crippen LogP contribution in [0.3, 0.4) is 0 Å². The molecule has 0 aliphatic heterocycles. The summed E-state index contributed by atoms with van der Waals surface area (Å²) in [6, 6.07) is 0. The molecule has 0 fully saturated rings. The minimum Gasteiger partial charge on any atom is -0.404 e. The van der Waals surface area contributed by atoms with E-state index in [1.165, 1.54) is 16.7 Å². The van der Waals surface area contributed by atoms with Crippen LogP contribution >= 0.6 is 0 Å². The van der Waals surface area contributed by atoms with E-state index in [4.69, 9.17) is 5.73 Å². The summed E-state index contributed by atoms with van der Waals surface area (Å²) in [5.41, 5.74) is 9.17.